The quantitative estimate of drug-likeness (QED) is 0.748. The first-order chi connectivity index (χ1) is 9.16. The summed E-state index contributed by atoms with van der Waals surface area (Å²) in [4.78, 5) is 24.8. The monoisotopic (exact) mass is 309 g/mol. The molecular weight excluding hydrogens is 302 g/mol. The number of hydrogen-bond acceptors (Lipinski definition) is 7. The Balaban J connectivity index is 2.17. The molecule has 5 nitrogen and oxygen atoms in total. The lowest BCUT2D eigenvalue weighted by molar-refractivity contribution is 0.0701. The molecule has 19 heavy (non-hydrogen) atoms. The van der Waals surface area contributed by atoms with Crippen LogP contribution in [-0.2, 0) is 0 Å². The minimum atomic E-state index is -0.925. The van der Waals surface area contributed by atoms with Crippen molar-refractivity contribution in [3.63, 3.8) is 0 Å². The molecule has 1 N–H and O–H groups in total. The van der Waals surface area contributed by atoms with Crippen molar-refractivity contribution >= 4 is 50.6 Å². The van der Waals surface area contributed by atoms with Crippen molar-refractivity contribution < 1.29 is 9.90 Å². The maximum atomic E-state index is 11.2. The molecule has 8 heteroatoms. The molecule has 0 aromatic carbocycles. The molecule has 0 bridgehead atoms. The van der Waals surface area contributed by atoms with Crippen LogP contribution in [0.2, 0.25) is 0 Å². The Morgan fingerprint density at radius 3 is 2.89 bits per heavy atom. The SMILES string of the molecule is Cc1c(C(=O)O)sc2ncnc(Sc3nccs3)c12. The summed E-state index contributed by atoms with van der Waals surface area (Å²) in [5.41, 5.74) is 0.715. The lowest BCUT2D eigenvalue weighted by Gasteiger charge is -1.99. The molecule has 0 unspecified atom stereocenters. The fourth-order valence-corrected chi connectivity index (χ4v) is 4.40. The van der Waals surface area contributed by atoms with Crippen molar-refractivity contribution in [2.75, 3.05) is 0 Å². The Morgan fingerprint density at radius 2 is 2.21 bits per heavy atom. The first kappa shape index (κ1) is 12.5. The number of carboxylic acid groups (broad SMARTS) is 1. The predicted octanol–water partition coefficient (Wildman–Crippen LogP) is 3.31. The minimum absolute atomic E-state index is 0.316. The van der Waals surface area contributed by atoms with Gasteiger partial charge in [-0.3, -0.25) is 0 Å². The number of carboxylic acids is 1. The normalized spacial score (nSPS) is 11.0. The molecule has 0 aliphatic heterocycles. The highest BCUT2D eigenvalue weighted by Gasteiger charge is 2.19. The van der Waals surface area contributed by atoms with Gasteiger partial charge in [0.25, 0.3) is 0 Å². The first-order valence-electron chi connectivity index (χ1n) is 5.21. The fourth-order valence-electron chi connectivity index (χ4n) is 1.66. The number of thiazole rings is 1. The number of carbonyl (C=O) groups is 1. The smallest absolute Gasteiger partial charge is 0.346 e. The van der Waals surface area contributed by atoms with E-state index in [0.717, 1.165) is 14.8 Å². The molecule has 0 aliphatic carbocycles. The Bertz CT molecular complexity index is 752. The van der Waals surface area contributed by atoms with Crippen molar-refractivity contribution in [2.24, 2.45) is 0 Å². The van der Waals surface area contributed by atoms with E-state index < -0.39 is 5.97 Å². The number of nitrogens with zero attached hydrogens (tertiary/aromatic N) is 3. The fraction of sp³-hybridized carbons (Fsp3) is 0.0909. The van der Waals surface area contributed by atoms with Crippen LogP contribution in [0, 0.1) is 6.92 Å². The molecule has 0 saturated heterocycles. The maximum Gasteiger partial charge on any atom is 0.346 e. The number of aromatic carboxylic acids is 1. The van der Waals surface area contributed by atoms with Crippen molar-refractivity contribution in [1.29, 1.82) is 0 Å². The average molecular weight is 309 g/mol. The van der Waals surface area contributed by atoms with Crippen LogP contribution < -0.4 is 0 Å². The topological polar surface area (TPSA) is 76.0 Å². The van der Waals surface area contributed by atoms with Crippen LogP contribution in [-0.4, -0.2) is 26.0 Å². The van der Waals surface area contributed by atoms with Gasteiger partial charge in [-0.2, -0.15) is 0 Å². The maximum absolute atomic E-state index is 11.2. The third kappa shape index (κ3) is 2.22. The van der Waals surface area contributed by atoms with Gasteiger partial charge in [-0.05, 0) is 24.2 Å². The molecule has 3 aromatic rings. The molecule has 0 atom stereocenters. The molecule has 0 saturated carbocycles. The van der Waals surface area contributed by atoms with E-state index in [2.05, 4.69) is 15.0 Å². The van der Waals surface area contributed by atoms with Crippen LogP contribution in [0.4, 0.5) is 0 Å². The van der Waals surface area contributed by atoms with Gasteiger partial charge in [0.05, 0.1) is 0 Å². The van der Waals surface area contributed by atoms with E-state index in [0.29, 0.717) is 15.3 Å². The molecule has 96 valence electrons. The van der Waals surface area contributed by atoms with Crippen LogP contribution in [0.1, 0.15) is 15.2 Å². The van der Waals surface area contributed by atoms with E-state index in [4.69, 9.17) is 5.11 Å². The molecule has 0 amide bonds. The third-order valence-corrected chi connectivity index (χ3v) is 5.55. The van der Waals surface area contributed by atoms with Gasteiger partial charge in [0.15, 0.2) is 4.34 Å². The number of rotatable bonds is 3. The zero-order chi connectivity index (χ0) is 13.4. The van der Waals surface area contributed by atoms with Crippen LogP contribution >= 0.6 is 34.4 Å². The van der Waals surface area contributed by atoms with Crippen molar-refractivity contribution in [3.05, 3.63) is 28.3 Å². The predicted molar refractivity (Wildman–Crippen MR) is 75.3 cm³/mol. The molecule has 0 fully saturated rings. The molecule has 3 rings (SSSR count). The lowest BCUT2D eigenvalue weighted by atomic mass is 10.2. The number of hydrogen-bond donors (Lipinski definition) is 1. The van der Waals surface area contributed by atoms with Crippen LogP contribution in [0.25, 0.3) is 10.2 Å². The summed E-state index contributed by atoms with van der Waals surface area (Å²) in [6.45, 7) is 1.79. The van der Waals surface area contributed by atoms with E-state index in [-0.39, 0.29) is 0 Å². The molecule has 3 aromatic heterocycles. The second kappa shape index (κ2) is 4.87. The van der Waals surface area contributed by atoms with Gasteiger partial charge < -0.3 is 5.11 Å². The Labute approximate surface area is 120 Å². The molecular formula is C11H7N3O2S3. The zero-order valence-electron chi connectivity index (χ0n) is 9.65. The van der Waals surface area contributed by atoms with E-state index in [1.807, 2.05) is 5.38 Å². The van der Waals surface area contributed by atoms with Crippen LogP contribution in [0.3, 0.4) is 0 Å². The van der Waals surface area contributed by atoms with E-state index >= 15 is 0 Å². The molecule has 0 aliphatic rings. The summed E-state index contributed by atoms with van der Waals surface area (Å²) >= 11 is 4.13. The second-order valence-electron chi connectivity index (χ2n) is 3.62. The van der Waals surface area contributed by atoms with Gasteiger partial charge in [0.2, 0.25) is 0 Å². The molecule has 3 heterocycles. The van der Waals surface area contributed by atoms with E-state index in [1.54, 1.807) is 13.1 Å². The zero-order valence-corrected chi connectivity index (χ0v) is 12.1. The van der Waals surface area contributed by atoms with Crippen molar-refractivity contribution in [3.8, 4) is 0 Å². The third-order valence-electron chi connectivity index (χ3n) is 2.48. The number of thiophene rings is 1. The number of fused-ring (bicyclic) bond motifs is 1. The number of aromatic nitrogens is 3. The second-order valence-corrected chi connectivity index (χ2v) is 6.75. The summed E-state index contributed by atoms with van der Waals surface area (Å²) in [6.07, 6.45) is 3.19. The van der Waals surface area contributed by atoms with Crippen LogP contribution in [0.15, 0.2) is 27.3 Å². The summed E-state index contributed by atoms with van der Waals surface area (Å²) < 4.78 is 0.877. The van der Waals surface area contributed by atoms with E-state index in [1.165, 1.54) is 40.8 Å². The lowest BCUT2D eigenvalue weighted by Crippen LogP contribution is -1.94. The van der Waals surface area contributed by atoms with E-state index in [9.17, 15) is 4.79 Å². The van der Waals surface area contributed by atoms with Gasteiger partial charge in [0, 0.05) is 17.0 Å². The first-order valence-corrected chi connectivity index (χ1v) is 7.73. The Hall–Kier alpha value is -1.51. The van der Waals surface area contributed by atoms with Gasteiger partial charge in [-0.1, -0.05) is 0 Å². The number of aryl methyl sites for hydroxylation is 1. The average Bonchev–Trinajstić information content (AvgIpc) is 2.98. The summed E-state index contributed by atoms with van der Waals surface area (Å²) in [5.74, 6) is -0.925. The Kier molecular flexibility index (Phi) is 3.21. The van der Waals surface area contributed by atoms with Crippen molar-refractivity contribution in [1.82, 2.24) is 15.0 Å². The minimum Gasteiger partial charge on any atom is -0.477 e. The van der Waals surface area contributed by atoms with Gasteiger partial charge >= 0.3 is 5.97 Å². The molecule has 0 spiro atoms. The highest BCUT2D eigenvalue weighted by molar-refractivity contribution is 8.01. The Morgan fingerprint density at radius 1 is 1.37 bits per heavy atom. The largest absolute Gasteiger partial charge is 0.477 e. The van der Waals surface area contributed by atoms with Crippen molar-refractivity contribution in [2.45, 2.75) is 16.3 Å². The highest BCUT2D eigenvalue weighted by atomic mass is 32.2. The van der Waals surface area contributed by atoms with Gasteiger partial charge in [0.1, 0.15) is 21.1 Å². The van der Waals surface area contributed by atoms with Gasteiger partial charge in [-0.15, -0.1) is 22.7 Å². The highest BCUT2D eigenvalue weighted by Crippen LogP contribution is 2.38. The summed E-state index contributed by atoms with van der Waals surface area (Å²) in [7, 11) is 0. The summed E-state index contributed by atoms with van der Waals surface area (Å²) in [6, 6.07) is 0. The van der Waals surface area contributed by atoms with Gasteiger partial charge in [-0.25, -0.2) is 19.7 Å². The van der Waals surface area contributed by atoms with Crippen LogP contribution in [0.5, 0.6) is 0 Å². The summed E-state index contributed by atoms with van der Waals surface area (Å²) in [5, 5.41) is 12.6. The molecule has 0 radical (unpaired) electrons. The standard InChI is InChI=1S/C11H7N3O2S3/c1-5-6-8(18-7(5)10(15)16)13-4-14-9(6)19-11-12-2-3-17-11/h2-4H,1H3,(H,15,16).